The van der Waals surface area contributed by atoms with Crippen LogP contribution in [0.4, 0.5) is 23.2 Å². The van der Waals surface area contributed by atoms with Crippen LogP contribution < -0.4 is 4.31 Å². The van der Waals surface area contributed by atoms with Crippen LogP contribution in [0.2, 0.25) is 5.02 Å². The van der Waals surface area contributed by atoms with Crippen molar-refractivity contribution in [2.45, 2.75) is 37.3 Å². The Morgan fingerprint density at radius 2 is 1.82 bits per heavy atom. The first-order valence-electron chi connectivity index (χ1n) is 14.6. The fourth-order valence-electron chi connectivity index (χ4n) is 6.36. The van der Waals surface area contributed by atoms with Crippen LogP contribution >= 0.6 is 11.6 Å². The fraction of sp³-hybridized carbons (Fsp3) is 0.364. The maximum atomic E-state index is 14.6. The predicted octanol–water partition coefficient (Wildman–Crippen LogP) is 7.07. The number of carbonyl (C=O) groups excluding carboxylic acids is 1. The second-order valence-corrected chi connectivity index (χ2v) is 14.5. The highest BCUT2D eigenvalue weighted by Gasteiger charge is 2.50. The molecule has 1 amide bonds. The predicted molar refractivity (Wildman–Crippen MR) is 164 cm³/mol. The van der Waals surface area contributed by atoms with Crippen molar-refractivity contribution in [2.75, 3.05) is 37.2 Å². The van der Waals surface area contributed by atoms with Crippen molar-refractivity contribution in [2.24, 2.45) is 11.3 Å². The summed E-state index contributed by atoms with van der Waals surface area (Å²) in [5.41, 5.74) is 1.31. The Morgan fingerprint density at radius 1 is 1.09 bits per heavy atom. The highest BCUT2D eigenvalue weighted by molar-refractivity contribution is 7.92. The molecule has 2 fully saturated rings. The lowest BCUT2D eigenvalue weighted by Crippen LogP contribution is -2.67. The van der Waals surface area contributed by atoms with Gasteiger partial charge >= 0.3 is 6.18 Å². The zero-order valence-corrected chi connectivity index (χ0v) is 26.0. The number of allylic oxidation sites excluding steroid dienone is 1. The lowest BCUT2D eigenvalue weighted by atomic mass is 9.77. The van der Waals surface area contributed by atoms with Gasteiger partial charge in [0.05, 0.1) is 39.8 Å². The molecule has 1 atom stereocenters. The first kappa shape index (κ1) is 31.6. The molecule has 3 aliphatic heterocycles. The van der Waals surface area contributed by atoms with Gasteiger partial charge in [0, 0.05) is 31.6 Å². The normalized spacial score (nSPS) is 19.6. The number of anilines is 1. The molecule has 12 heteroatoms. The van der Waals surface area contributed by atoms with Crippen molar-refractivity contribution in [3.05, 3.63) is 93.8 Å². The molecule has 0 N–H and O–H groups in total. The molecule has 3 aliphatic rings. The minimum atomic E-state index is -4.72. The lowest BCUT2D eigenvalue weighted by molar-refractivity contribution is -0.195. The highest BCUT2D eigenvalue weighted by Crippen LogP contribution is 2.40. The van der Waals surface area contributed by atoms with Crippen LogP contribution in [-0.4, -0.2) is 52.1 Å². The molecule has 45 heavy (non-hydrogen) atoms. The number of halogens is 5. The molecule has 238 valence electrons. The SMILES string of the molecule is C/C(=C\c1ccc2c(c1)N(S(=O)(=O)c1cccc(C(F)(F)F)c1)C[C@H](CCC(=O)N1CC3(COC3)C1)C2)c1c(F)cccc1Cl. The standard InChI is InChI=1S/C33H31ClF4N2O4S/c1-21(31-27(34)6-3-7-28(31)35)12-22-8-10-24-13-23(9-11-30(41)39-17-32(18-39)19-44-20-32)16-40(29(24)14-22)45(42,43)26-5-2-4-25(15-26)33(36,37)38/h2-8,10,12,14-15,23H,9,11,13,16-20H2,1H3/b21-12+/t23-/m1/s1. The van der Waals surface area contributed by atoms with Gasteiger partial charge in [-0.1, -0.05) is 41.9 Å². The van der Waals surface area contributed by atoms with Crippen molar-refractivity contribution >= 4 is 44.9 Å². The van der Waals surface area contributed by atoms with E-state index in [2.05, 4.69) is 0 Å². The van der Waals surface area contributed by atoms with Gasteiger partial charge in [-0.3, -0.25) is 9.10 Å². The molecule has 0 saturated carbocycles. The zero-order valence-electron chi connectivity index (χ0n) is 24.4. The minimum Gasteiger partial charge on any atom is -0.380 e. The van der Waals surface area contributed by atoms with E-state index in [1.165, 1.54) is 12.1 Å². The molecule has 3 aromatic rings. The van der Waals surface area contributed by atoms with E-state index in [0.717, 1.165) is 22.5 Å². The summed E-state index contributed by atoms with van der Waals surface area (Å²) < 4.78 is 89.6. The van der Waals surface area contributed by atoms with E-state index >= 15 is 0 Å². The topological polar surface area (TPSA) is 66.9 Å². The average molecular weight is 663 g/mol. The Labute approximate surface area is 264 Å². The average Bonchev–Trinajstić information content (AvgIpc) is 2.93. The van der Waals surface area contributed by atoms with Crippen LogP contribution in [0.15, 0.2) is 65.6 Å². The van der Waals surface area contributed by atoms with Crippen LogP contribution in [0.5, 0.6) is 0 Å². The third kappa shape index (κ3) is 6.22. The number of nitrogens with zero attached hydrogens (tertiary/aromatic N) is 2. The van der Waals surface area contributed by atoms with E-state index in [1.807, 2.05) is 0 Å². The number of amides is 1. The van der Waals surface area contributed by atoms with Crippen LogP contribution in [0, 0.1) is 17.2 Å². The number of hydrogen-bond donors (Lipinski definition) is 0. The lowest BCUT2D eigenvalue weighted by Gasteiger charge is -2.55. The molecule has 3 heterocycles. The van der Waals surface area contributed by atoms with E-state index < -0.39 is 32.5 Å². The number of ether oxygens (including phenoxy) is 1. The van der Waals surface area contributed by atoms with E-state index in [0.29, 0.717) is 67.6 Å². The fourth-order valence-corrected chi connectivity index (χ4v) is 8.29. The van der Waals surface area contributed by atoms with Crippen molar-refractivity contribution in [1.82, 2.24) is 4.90 Å². The van der Waals surface area contributed by atoms with E-state index in [9.17, 15) is 30.8 Å². The Balaban J connectivity index is 1.31. The van der Waals surface area contributed by atoms with Crippen LogP contribution in [-0.2, 0) is 32.2 Å². The van der Waals surface area contributed by atoms with Gasteiger partial charge in [-0.2, -0.15) is 13.2 Å². The zero-order chi connectivity index (χ0) is 32.1. The van der Waals surface area contributed by atoms with Crippen molar-refractivity contribution in [3.8, 4) is 0 Å². The molecule has 1 spiro atoms. The van der Waals surface area contributed by atoms with Crippen molar-refractivity contribution < 1.29 is 35.5 Å². The number of sulfonamides is 1. The number of benzene rings is 3. The molecule has 0 bridgehead atoms. The third-order valence-corrected chi connectivity index (χ3v) is 10.9. The van der Waals surface area contributed by atoms with Gasteiger partial charge in [-0.05, 0) is 78.8 Å². The first-order valence-corrected chi connectivity index (χ1v) is 16.4. The Hall–Kier alpha value is -3.41. The number of carbonyl (C=O) groups is 1. The number of likely N-dealkylation sites (tertiary alicyclic amines) is 1. The maximum Gasteiger partial charge on any atom is 0.416 e. The molecular formula is C33H31ClF4N2O4S. The van der Waals surface area contributed by atoms with Crippen molar-refractivity contribution in [3.63, 3.8) is 0 Å². The first-order chi connectivity index (χ1) is 21.3. The monoisotopic (exact) mass is 662 g/mol. The van der Waals surface area contributed by atoms with Crippen LogP contribution in [0.1, 0.15) is 42.0 Å². The summed E-state index contributed by atoms with van der Waals surface area (Å²) in [5.74, 6) is -0.757. The summed E-state index contributed by atoms with van der Waals surface area (Å²) >= 11 is 6.25. The highest BCUT2D eigenvalue weighted by atomic mass is 35.5. The van der Waals surface area contributed by atoms with Gasteiger partial charge in [-0.25, -0.2) is 12.8 Å². The van der Waals surface area contributed by atoms with E-state index in [1.54, 1.807) is 42.2 Å². The summed E-state index contributed by atoms with van der Waals surface area (Å²) in [6, 6.07) is 13.2. The summed E-state index contributed by atoms with van der Waals surface area (Å²) in [4.78, 5) is 14.2. The summed E-state index contributed by atoms with van der Waals surface area (Å²) in [7, 11) is -4.44. The smallest absolute Gasteiger partial charge is 0.380 e. The van der Waals surface area contributed by atoms with Crippen LogP contribution in [0.25, 0.3) is 11.6 Å². The molecule has 0 unspecified atom stereocenters. The molecular weight excluding hydrogens is 632 g/mol. The Kier molecular flexibility index (Phi) is 8.24. The maximum absolute atomic E-state index is 14.6. The van der Waals surface area contributed by atoms with Gasteiger partial charge in [-0.15, -0.1) is 0 Å². The Bertz CT molecular complexity index is 1760. The number of hydrogen-bond acceptors (Lipinski definition) is 4. The molecule has 6 rings (SSSR count). The van der Waals surface area contributed by atoms with E-state index in [-0.39, 0.29) is 40.8 Å². The Morgan fingerprint density at radius 3 is 2.49 bits per heavy atom. The van der Waals surface area contributed by atoms with Gasteiger partial charge in [0.25, 0.3) is 10.0 Å². The van der Waals surface area contributed by atoms with Crippen molar-refractivity contribution in [1.29, 1.82) is 0 Å². The number of rotatable bonds is 7. The van der Waals surface area contributed by atoms with Gasteiger partial charge in [0.1, 0.15) is 5.82 Å². The largest absolute Gasteiger partial charge is 0.416 e. The molecule has 0 aromatic heterocycles. The molecule has 0 radical (unpaired) electrons. The molecule has 3 aromatic carbocycles. The van der Waals surface area contributed by atoms with Gasteiger partial charge < -0.3 is 9.64 Å². The van der Waals surface area contributed by atoms with E-state index in [4.69, 9.17) is 16.3 Å². The third-order valence-electron chi connectivity index (χ3n) is 8.79. The van der Waals surface area contributed by atoms with Gasteiger partial charge in [0.15, 0.2) is 0 Å². The second kappa shape index (κ2) is 11.7. The molecule has 0 aliphatic carbocycles. The van der Waals surface area contributed by atoms with Crippen LogP contribution in [0.3, 0.4) is 0 Å². The summed E-state index contributed by atoms with van der Waals surface area (Å²) in [6.07, 6.45) is -1.91. The summed E-state index contributed by atoms with van der Waals surface area (Å²) in [5, 5.41) is 0.224. The second-order valence-electron chi connectivity index (χ2n) is 12.2. The quantitative estimate of drug-likeness (QED) is 0.201. The van der Waals surface area contributed by atoms with Gasteiger partial charge in [0.2, 0.25) is 5.91 Å². The molecule has 6 nitrogen and oxygen atoms in total. The number of alkyl halides is 3. The number of fused-ring (bicyclic) bond motifs is 1. The minimum absolute atomic E-state index is 0.00614. The molecule has 2 saturated heterocycles. The summed E-state index contributed by atoms with van der Waals surface area (Å²) in [6.45, 7) is 4.30.